The summed E-state index contributed by atoms with van der Waals surface area (Å²) in [6.45, 7) is 2.01. The molecular formula is C21H26O4. The molecule has 1 unspecified atom stereocenters. The van der Waals surface area contributed by atoms with Crippen LogP contribution in [0.25, 0.3) is 0 Å². The Kier molecular flexibility index (Phi) is 6.86. The number of para-hydroxylation sites is 1. The zero-order valence-corrected chi connectivity index (χ0v) is 14.5. The van der Waals surface area contributed by atoms with Gasteiger partial charge in [-0.2, -0.15) is 0 Å². The van der Waals surface area contributed by atoms with Crippen molar-refractivity contribution in [2.75, 3.05) is 26.4 Å². The van der Waals surface area contributed by atoms with Crippen molar-refractivity contribution in [3.63, 3.8) is 0 Å². The molecule has 1 saturated heterocycles. The molecule has 4 heteroatoms. The maximum atomic E-state index is 10.1. The van der Waals surface area contributed by atoms with Gasteiger partial charge in [-0.05, 0) is 30.0 Å². The van der Waals surface area contributed by atoms with Gasteiger partial charge in [-0.15, -0.1) is 0 Å². The van der Waals surface area contributed by atoms with E-state index in [4.69, 9.17) is 14.2 Å². The molecule has 0 amide bonds. The highest BCUT2D eigenvalue weighted by Crippen LogP contribution is 2.21. The zero-order valence-electron chi connectivity index (χ0n) is 14.5. The molecule has 3 rings (SSSR count). The summed E-state index contributed by atoms with van der Waals surface area (Å²) in [5, 5.41) is 10.1. The summed E-state index contributed by atoms with van der Waals surface area (Å²) in [5.74, 6) is 0.816. The van der Waals surface area contributed by atoms with Crippen LogP contribution in [0.1, 0.15) is 24.0 Å². The first-order valence-corrected chi connectivity index (χ1v) is 8.93. The number of benzene rings is 2. The standard InChI is InChI=1S/C21H26O4/c22-19(15-24-20-10-12-23-13-11-20)16-25-21-9-5-4-8-18(21)14-17-6-2-1-3-7-17/h1-9,19-20,22H,10-16H2. The third-order valence-corrected chi connectivity index (χ3v) is 4.33. The average molecular weight is 342 g/mol. The van der Waals surface area contributed by atoms with Crippen molar-refractivity contribution in [1.29, 1.82) is 0 Å². The first-order chi connectivity index (χ1) is 12.3. The Bertz CT molecular complexity index is 623. The van der Waals surface area contributed by atoms with E-state index < -0.39 is 6.10 Å². The second kappa shape index (κ2) is 9.56. The molecule has 0 bridgehead atoms. The van der Waals surface area contributed by atoms with Gasteiger partial charge in [0.25, 0.3) is 0 Å². The fourth-order valence-electron chi connectivity index (χ4n) is 2.93. The molecule has 4 nitrogen and oxygen atoms in total. The Morgan fingerprint density at radius 2 is 1.68 bits per heavy atom. The van der Waals surface area contributed by atoms with Crippen molar-refractivity contribution >= 4 is 0 Å². The zero-order chi connectivity index (χ0) is 17.3. The molecular weight excluding hydrogens is 316 g/mol. The average Bonchev–Trinajstić information content (AvgIpc) is 2.67. The van der Waals surface area contributed by atoms with Gasteiger partial charge in [0, 0.05) is 19.6 Å². The van der Waals surface area contributed by atoms with Crippen LogP contribution >= 0.6 is 0 Å². The van der Waals surface area contributed by atoms with Crippen LogP contribution in [0.2, 0.25) is 0 Å². The number of rotatable bonds is 8. The molecule has 0 aromatic heterocycles. The van der Waals surface area contributed by atoms with Crippen LogP contribution in [0.4, 0.5) is 0 Å². The Balaban J connectivity index is 1.49. The lowest BCUT2D eigenvalue weighted by molar-refractivity contribution is -0.0659. The Hall–Kier alpha value is -1.88. The topological polar surface area (TPSA) is 47.9 Å². The Morgan fingerprint density at radius 3 is 2.48 bits per heavy atom. The molecule has 0 aliphatic carbocycles. The Labute approximate surface area is 149 Å². The van der Waals surface area contributed by atoms with E-state index in [1.54, 1.807) is 0 Å². The molecule has 1 N–H and O–H groups in total. The molecule has 134 valence electrons. The Morgan fingerprint density at radius 1 is 0.960 bits per heavy atom. The van der Waals surface area contributed by atoms with E-state index >= 15 is 0 Å². The van der Waals surface area contributed by atoms with E-state index in [-0.39, 0.29) is 12.7 Å². The van der Waals surface area contributed by atoms with Crippen LogP contribution in [0, 0.1) is 0 Å². The van der Waals surface area contributed by atoms with Gasteiger partial charge < -0.3 is 19.3 Å². The van der Waals surface area contributed by atoms with E-state index in [2.05, 4.69) is 18.2 Å². The quantitative estimate of drug-likeness (QED) is 0.800. The van der Waals surface area contributed by atoms with Gasteiger partial charge in [0.15, 0.2) is 0 Å². The van der Waals surface area contributed by atoms with Crippen molar-refractivity contribution in [3.05, 3.63) is 65.7 Å². The molecule has 2 aromatic rings. The number of hydrogen-bond acceptors (Lipinski definition) is 4. The predicted molar refractivity (Wildman–Crippen MR) is 97.0 cm³/mol. The fourth-order valence-corrected chi connectivity index (χ4v) is 2.93. The summed E-state index contributed by atoms with van der Waals surface area (Å²) in [6, 6.07) is 18.3. The van der Waals surface area contributed by atoms with Gasteiger partial charge in [-0.25, -0.2) is 0 Å². The highest BCUT2D eigenvalue weighted by atomic mass is 16.5. The minimum Gasteiger partial charge on any atom is -0.491 e. The SMILES string of the molecule is OC(COc1ccccc1Cc1ccccc1)COC1CCOCC1. The highest BCUT2D eigenvalue weighted by Gasteiger charge is 2.16. The van der Waals surface area contributed by atoms with Crippen LogP contribution in [0.15, 0.2) is 54.6 Å². The monoisotopic (exact) mass is 342 g/mol. The van der Waals surface area contributed by atoms with Crippen LogP contribution in [0.3, 0.4) is 0 Å². The van der Waals surface area contributed by atoms with Crippen LogP contribution < -0.4 is 4.74 Å². The van der Waals surface area contributed by atoms with Gasteiger partial charge in [0.2, 0.25) is 0 Å². The lowest BCUT2D eigenvalue weighted by atomic mass is 10.0. The number of ether oxygens (including phenoxy) is 3. The van der Waals surface area contributed by atoms with Crippen molar-refractivity contribution in [2.24, 2.45) is 0 Å². The summed E-state index contributed by atoms with van der Waals surface area (Å²) in [6.07, 6.45) is 2.16. The van der Waals surface area contributed by atoms with E-state index in [9.17, 15) is 5.11 Å². The summed E-state index contributed by atoms with van der Waals surface area (Å²) in [4.78, 5) is 0. The normalized spacial score (nSPS) is 16.5. The molecule has 1 heterocycles. The van der Waals surface area contributed by atoms with Gasteiger partial charge >= 0.3 is 0 Å². The number of aliphatic hydroxyl groups excluding tert-OH is 1. The third kappa shape index (κ3) is 5.85. The summed E-state index contributed by atoms with van der Waals surface area (Å²) < 4.78 is 16.9. The molecule has 1 fully saturated rings. The van der Waals surface area contributed by atoms with Gasteiger partial charge in [-0.1, -0.05) is 48.5 Å². The van der Waals surface area contributed by atoms with Crippen molar-refractivity contribution in [3.8, 4) is 5.75 Å². The lowest BCUT2D eigenvalue weighted by Gasteiger charge is -2.24. The molecule has 1 aliphatic heterocycles. The molecule has 1 aliphatic rings. The van der Waals surface area contributed by atoms with E-state index in [1.807, 2.05) is 36.4 Å². The fraction of sp³-hybridized carbons (Fsp3) is 0.429. The largest absolute Gasteiger partial charge is 0.491 e. The lowest BCUT2D eigenvalue weighted by Crippen LogP contribution is -2.30. The number of hydrogen-bond donors (Lipinski definition) is 1. The van der Waals surface area contributed by atoms with E-state index in [0.717, 1.165) is 43.8 Å². The van der Waals surface area contributed by atoms with Gasteiger partial charge in [0.1, 0.15) is 18.5 Å². The first-order valence-electron chi connectivity index (χ1n) is 8.93. The smallest absolute Gasteiger partial charge is 0.122 e. The van der Waals surface area contributed by atoms with Crippen LogP contribution in [-0.4, -0.2) is 43.7 Å². The van der Waals surface area contributed by atoms with Gasteiger partial charge in [-0.3, -0.25) is 0 Å². The van der Waals surface area contributed by atoms with Crippen molar-refractivity contribution in [1.82, 2.24) is 0 Å². The minimum absolute atomic E-state index is 0.189. The minimum atomic E-state index is -0.632. The maximum absolute atomic E-state index is 10.1. The van der Waals surface area contributed by atoms with Crippen LogP contribution in [-0.2, 0) is 15.9 Å². The molecule has 25 heavy (non-hydrogen) atoms. The van der Waals surface area contributed by atoms with E-state index in [1.165, 1.54) is 5.56 Å². The maximum Gasteiger partial charge on any atom is 0.122 e. The molecule has 0 saturated carbocycles. The first kappa shape index (κ1) is 17.9. The van der Waals surface area contributed by atoms with Crippen molar-refractivity contribution < 1.29 is 19.3 Å². The second-order valence-corrected chi connectivity index (χ2v) is 6.38. The molecule has 0 spiro atoms. The van der Waals surface area contributed by atoms with Gasteiger partial charge in [0.05, 0.1) is 12.7 Å². The van der Waals surface area contributed by atoms with Crippen LogP contribution in [0.5, 0.6) is 5.75 Å². The molecule has 2 aromatic carbocycles. The number of aliphatic hydroxyl groups is 1. The summed E-state index contributed by atoms with van der Waals surface area (Å²) in [7, 11) is 0. The molecule has 0 radical (unpaired) electrons. The third-order valence-electron chi connectivity index (χ3n) is 4.33. The summed E-state index contributed by atoms with van der Waals surface area (Å²) in [5.41, 5.74) is 2.35. The highest BCUT2D eigenvalue weighted by molar-refractivity contribution is 5.37. The van der Waals surface area contributed by atoms with E-state index in [0.29, 0.717) is 6.61 Å². The summed E-state index contributed by atoms with van der Waals surface area (Å²) >= 11 is 0. The van der Waals surface area contributed by atoms with Crippen molar-refractivity contribution in [2.45, 2.75) is 31.5 Å². The predicted octanol–water partition coefficient (Wildman–Crippen LogP) is 3.21. The second-order valence-electron chi connectivity index (χ2n) is 6.38. The molecule has 1 atom stereocenters.